The first-order valence-electron chi connectivity index (χ1n) is 7.56. The third-order valence-electron chi connectivity index (χ3n) is 3.76. The summed E-state index contributed by atoms with van der Waals surface area (Å²) >= 11 is 0. The molecular formula is C17H14F3N3O3S. The van der Waals surface area contributed by atoms with Gasteiger partial charge in [-0.2, -0.15) is 18.3 Å². The van der Waals surface area contributed by atoms with Gasteiger partial charge in [0.15, 0.2) is 5.75 Å². The fourth-order valence-corrected chi connectivity index (χ4v) is 3.39. The topological polar surface area (TPSA) is 87.2 Å². The summed E-state index contributed by atoms with van der Waals surface area (Å²) in [6.07, 6.45) is -4.81. The number of sulfonamides is 1. The summed E-state index contributed by atoms with van der Waals surface area (Å²) in [5.41, 5.74) is -1.07. The molecule has 0 unspecified atom stereocenters. The second kappa shape index (κ2) is 6.71. The Morgan fingerprint density at radius 1 is 1.04 bits per heavy atom. The van der Waals surface area contributed by atoms with Crippen molar-refractivity contribution in [1.82, 2.24) is 9.78 Å². The second-order valence-corrected chi connectivity index (χ2v) is 7.05. The van der Waals surface area contributed by atoms with Crippen molar-refractivity contribution in [3.8, 4) is 22.7 Å². The normalized spacial score (nSPS) is 12.2. The Bertz CT molecular complexity index is 1080. The van der Waals surface area contributed by atoms with E-state index in [1.54, 1.807) is 30.3 Å². The van der Waals surface area contributed by atoms with Crippen molar-refractivity contribution in [2.75, 3.05) is 7.11 Å². The zero-order valence-corrected chi connectivity index (χ0v) is 14.8. The largest absolute Gasteiger partial charge is 0.492 e. The predicted molar refractivity (Wildman–Crippen MR) is 91.9 cm³/mol. The highest BCUT2D eigenvalue weighted by Gasteiger charge is 2.41. The quantitative estimate of drug-likeness (QED) is 0.732. The van der Waals surface area contributed by atoms with Crippen molar-refractivity contribution in [2.45, 2.75) is 11.1 Å². The fourth-order valence-electron chi connectivity index (χ4n) is 2.68. The summed E-state index contributed by atoms with van der Waals surface area (Å²) < 4.78 is 70.2. The molecule has 3 aromatic rings. The maximum atomic E-state index is 13.5. The molecule has 2 N–H and O–H groups in total. The van der Waals surface area contributed by atoms with E-state index in [9.17, 15) is 21.6 Å². The van der Waals surface area contributed by atoms with Gasteiger partial charge in [0.05, 0.1) is 12.8 Å². The molecule has 0 aliphatic carbocycles. The van der Waals surface area contributed by atoms with E-state index >= 15 is 0 Å². The van der Waals surface area contributed by atoms with Crippen LogP contribution in [0.1, 0.15) is 5.69 Å². The molecule has 0 saturated heterocycles. The summed E-state index contributed by atoms with van der Waals surface area (Å²) in [6, 6.07) is 13.5. The number of ether oxygens (including phenoxy) is 1. The third kappa shape index (κ3) is 3.53. The minimum Gasteiger partial charge on any atom is -0.492 e. The Morgan fingerprint density at radius 2 is 1.63 bits per heavy atom. The van der Waals surface area contributed by atoms with Crippen LogP contribution in [0.5, 0.6) is 5.75 Å². The van der Waals surface area contributed by atoms with E-state index in [1.165, 1.54) is 24.3 Å². The highest BCUT2D eigenvalue weighted by Crippen LogP contribution is 2.43. The van der Waals surface area contributed by atoms with Gasteiger partial charge in [0.2, 0.25) is 15.7 Å². The minimum absolute atomic E-state index is 0.0403. The average molecular weight is 397 g/mol. The first-order chi connectivity index (χ1) is 12.6. The predicted octanol–water partition coefficient (Wildman–Crippen LogP) is 3.21. The van der Waals surface area contributed by atoms with Crippen molar-refractivity contribution in [3.05, 3.63) is 60.3 Å². The molecule has 1 heterocycles. The van der Waals surface area contributed by atoms with Crippen molar-refractivity contribution in [3.63, 3.8) is 0 Å². The fraction of sp³-hybridized carbons (Fsp3) is 0.118. The van der Waals surface area contributed by atoms with Gasteiger partial charge < -0.3 is 4.74 Å². The zero-order chi connectivity index (χ0) is 19.8. The van der Waals surface area contributed by atoms with Gasteiger partial charge in [-0.05, 0) is 12.1 Å². The van der Waals surface area contributed by atoms with Gasteiger partial charge in [-0.3, -0.25) is 0 Å². The highest BCUT2D eigenvalue weighted by molar-refractivity contribution is 7.89. The number of primary sulfonamides is 1. The average Bonchev–Trinajstić information content (AvgIpc) is 3.01. The number of aromatic nitrogens is 2. The van der Waals surface area contributed by atoms with Gasteiger partial charge in [-0.1, -0.05) is 42.5 Å². The molecule has 3 rings (SSSR count). The van der Waals surface area contributed by atoms with Crippen LogP contribution in [0.15, 0.2) is 59.5 Å². The number of benzene rings is 2. The second-order valence-electron chi connectivity index (χ2n) is 5.52. The smallest absolute Gasteiger partial charge is 0.438 e. The van der Waals surface area contributed by atoms with E-state index in [-0.39, 0.29) is 16.3 Å². The molecule has 142 valence electrons. The van der Waals surface area contributed by atoms with Crippen molar-refractivity contribution >= 4 is 10.0 Å². The van der Waals surface area contributed by atoms with Crippen molar-refractivity contribution in [1.29, 1.82) is 0 Å². The number of para-hydroxylation sites is 1. The van der Waals surface area contributed by atoms with Crippen molar-refractivity contribution in [2.24, 2.45) is 5.14 Å². The Balaban J connectivity index is 2.43. The van der Waals surface area contributed by atoms with E-state index in [0.29, 0.717) is 5.56 Å². The van der Waals surface area contributed by atoms with E-state index < -0.39 is 27.6 Å². The Labute approximate surface area is 153 Å². The summed E-state index contributed by atoms with van der Waals surface area (Å²) in [5, 5.41) is 8.84. The molecule has 0 radical (unpaired) electrons. The first kappa shape index (κ1) is 18.9. The molecule has 0 aliphatic heterocycles. The Morgan fingerprint density at radius 3 is 2.19 bits per heavy atom. The Hall–Kier alpha value is -2.85. The third-order valence-corrected chi connectivity index (χ3v) is 4.72. The van der Waals surface area contributed by atoms with Crippen LogP contribution in [0, 0.1) is 0 Å². The lowest BCUT2D eigenvalue weighted by molar-refractivity contribution is -0.142. The first-order valence-corrected chi connectivity index (χ1v) is 9.11. The van der Waals surface area contributed by atoms with Gasteiger partial charge in [-0.15, -0.1) is 0 Å². The number of methoxy groups -OCH3 is 1. The van der Waals surface area contributed by atoms with Gasteiger partial charge >= 0.3 is 6.18 Å². The molecule has 0 bridgehead atoms. The summed E-state index contributed by atoms with van der Waals surface area (Å²) in [7, 11) is -3.12. The molecule has 0 saturated carbocycles. The molecule has 2 aromatic carbocycles. The van der Waals surface area contributed by atoms with Crippen LogP contribution in [0.4, 0.5) is 13.2 Å². The molecule has 0 atom stereocenters. The zero-order valence-electron chi connectivity index (χ0n) is 13.9. The molecule has 0 fully saturated rings. The van der Waals surface area contributed by atoms with E-state index in [2.05, 4.69) is 5.10 Å². The minimum atomic E-state index is -4.81. The van der Waals surface area contributed by atoms with Crippen LogP contribution in [0.2, 0.25) is 0 Å². The SMILES string of the molecule is COc1c(C(F)(F)F)nn(-c2ccccc2S(N)(=O)=O)c1-c1ccccc1. The number of nitrogens with zero attached hydrogens (tertiary/aromatic N) is 2. The van der Waals surface area contributed by atoms with Crippen LogP contribution in [0.3, 0.4) is 0 Å². The molecular weight excluding hydrogens is 383 g/mol. The number of halogens is 3. The summed E-state index contributed by atoms with van der Waals surface area (Å²) in [5.74, 6) is -0.516. The lowest BCUT2D eigenvalue weighted by atomic mass is 10.1. The molecule has 10 heteroatoms. The molecule has 0 aliphatic rings. The number of hydrogen-bond donors (Lipinski definition) is 1. The lowest BCUT2D eigenvalue weighted by Crippen LogP contribution is -2.16. The molecule has 0 spiro atoms. The molecule has 27 heavy (non-hydrogen) atoms. The van der Waals surface area contributed by atoms with Gasteiger partial charge in [0.25, 0.3) is 0 Å². The molecule has 6 nitrogen and oxygen atoms in total. The van der Waals surface area contributed by atoms with Crippen molar-refractivity contribution < 1.29 is 26.3 Å². The van der Waals surface area contributed by atoms with Crippen LogP contribution in [-0.4, -0.2) is 25.3 Å². The van der Waals surface area contributed by atoms with Crippen LogP contribution in [0.25, 0.3) is 16.9 Å². The maximum Gasteiger partial charge on any atom is 0.438 e. The Kier molecular flexibility index (Phi) is 4.70. The van der Waals surface area contributed by atoms with Crippen LogP contribution < -0.4 is 9.88 Å². The van der Waals surface area contributed by atoms with Gasteiger partial charge in [0, 0.05) is 5.56 Å². The lowest BCUT2D eigenvalue weighted by Gasteiger charge is -2.12. The van der Waals surface area contributed by atoms with Gasteiger partial charge in [0.1, 0.15) is 10.6 Å². The summed E-state index contributed by atoms with van der Waals surface area (Å²) in [6.45, 7) is 0. The van der Waals surface area contributed by atoms with E-state index in [1.807, 2.05) is 0 Å². The number of hydrogen-bond acceptors (Lipinski definition) is 4. The number of rotatable bonds is 4. The molecule has 0 amide bonds. The number of alkyl halides is 3. The van der Waals surface area contributed by atoms with E-state index in [4.69, 9.17) is 9.88 Å². The monoisotopic (exact) mass is 397 g/mol. The van der Waals surface area contributed by atoms with Gasteiger partial charge in [-0.25, -0.2) is 18.2 Å². The summed E-state index contributed by atoms with van der Waals surface area (Å²) in [4.78, 5) is -0.360. The van der Waals surface area contributed by atoms with Crippen LogP contribution >= 0.6 is 0 Å². The van der Waals surface area contributed by atoms with Crippen LogP contribution in [-0.2, 0) is 16.2 Å². The van der Waals surface area contributed by atoms with E-state index in [0.717, 1.165) is 11.8 Å². The highest BCUT2D eigenvalue weighted by atomic mass is 32.2. The maximum absolute atomic E-state index is 13.5. The number of nitrogens with two attached hydrogens (primary N) is 1. The standard InChI is InChI=1S/C17H14F3N3O3S/c1-26-15-14(11-7-3-2-4-8-11)23(22-16(15)17(18,19)20)12-9-5-6-10-13(12)27(21,24)25/h2-10H,1H3,(H2,21,24,25). The molecule has 1 aromatic heterocycles.